The Morgan fingerprint density at radius 3 is 1.56 bits per heavy atom. The molecular weight excluding hydrogens is 408 g/mol. The van der Waals surface area contributed by atoms with Gasteiger partial charge < -0.3 is 0 Å². The Kier molecular flexibility index (Phi) is 4.96. The summed E-state index contributed by atoms with van der Waals surface area (Å²) in [5.74, 6) is 0. The molecule has 5 aromatic rings. The fourth-order valence-corrected chi connectivity index (χ4v) is 5.99. The normalized spacial score (nSPS) is 13.4. The van der Waals surface area contributed by atoms with Crippen molar-refractivity contribution < 1.29 is 0 Å². The third kappa shape index (κ3) is 3.22. The Hall–Kier alpha value is -3.90. The summed E-state index contributed by atoms with van der Waals surface area (Å²) in [5, 5.41) is 0. The van der Waals surface area contributed by atoms with Crippen molar-refractivity contribution in [3.05, 3.63) is 166 Å². The maximum atomic E-state index is 2.35. The predicted octanol–water partition coefficient (Wildman–Crippen LogP) is 8.26. The lowest BCUT2D eigenvalue weighted by molar-refractivity contribution is 0.767. The van der Waals surface area contributed by atoms with Gasteiger partial charge in [0.1, 0.15) is 0 Å². The van der Waals surface area contributed by atoms with Crippen molar-refractivity contribution >= 4 is 0 Å². The molecule has 1 aliphatic rings. The summed E-state index contributed by atoms with van der Waals surface area (Å²) in [7, 11) is 0. The summed E-state index contributed by atoms with van der Waals surface area (Å²) < 4.78 is 0. The van der Waals surface area contributed by atoms with Crippen molar-refractivity contribution in [1.29, 1.82) is 0 Å². The smallest absolute Gasteiger partial charge is 0.0622 e. The zero-order valence-electron chi connectivity index (χ0n) is 19.8. The highest BCUT2D eigenvalue weighted by Crippen LogP contribution is 2.55. The molecule has 34 heavy (non-hydrogen) atoms. The van der Waals surface area contributed by atoms with Gasteiger partial charge in [-0.15, -0.1) is 0 Å². The molecule has 0 saturated carbocycles. The monoisotopic (exact) mass is 436 g/mol. The van der Waals surface area contributed by atoms with Gasteiger partial charge in [0.2, 0.25) is 0 Å². The molecular formula is C34H28. The third-order valence-electron chi connectivity index (χ3n) is 7.24. The van der Waals surface area contributed by atoms with Gasteiger partial charge >= 0.3 is 0 Å². The highest BCUT2D eigenvalue weighted by Gasteiger charge is 2.45. The third-order valence-corrected chi connectivity index (χ3v) is 7.24. The Labute approximate surface area is 202 Å². The topological polar surface area (TPSA) is 0 Å². The average molecular weight is 437 g/mol. The van der Waals surface area contributed by atoms with E-state index in [9.17, 15) is 0 Å². The van der Waals surface area contributed by atoms with Crippen LogP contribution in [0.15, 0.2) is 121 Å². The fourth-order valence-electron chi connectivity index (χ4n) is 5.99. The Bertz CT molecular complexity index is 1410. The van der Waals surface area contributed by atoms with Crippen LogP contribution in [0, 0.1) is 13.8 Å². The molecule has 0 nitrogen and oxygen atoms in total. The minimum absolute atomic E-state index is 0.313. The van der Waals surface area contributed by atoms with Gasteiger partial charge in [-0.3, -0.25) is 0 Å². The lowest BCUT2D eigenvalue weighted by atomic mass is 9.67. The Balaban J connectivity index is 1.53. The van der Waals surface area contributed by atoms with Crippen molar-refractivity contribution in [1.82, 2.24) is 0 Å². The maximum Gasteiger partial charge on any atom is 0.0713 e. The highest BCUT2D eigenvalue weighted by molar-refractivity contribution is 5.86. The number of fused-ring (bicyclic) bond motifs is 3. The van der Waals surface area contributed by atoms with Crippen molar-refractivity contribution in [2.24, 2.45) is 0 Å². The van der Waals surface area contributed by atoms with E-state index in [1.807, 2.05) is 0 Å². The zero-order chi connectivity index (χ0) is 23.1. The molecule has 164 valence electrons. The molecule has 5 aromatic carbocycles. The van der Waals surface area contributed by atoms with Gasteiger partial charge in [0.25, 0.3) is 0 Å². The van der Waals surface area contributed by atoms with Gasteiger partial charge in [-0.1, -0.05) is 132 Å². The van der Waals surface area contributed by atoms with Crippen molar-refractivity contribution in [3.8, 4) is 11.1 Å². The van der Waals surface area contributed by atoms with Crippen LogP contribution in [0.1, 0.15) is 44.5 Å². The fraction of sp³-hybridized carbons (Fsp3) is 0.118. The molecule has 0 bridgehead atoms. The minimum Gasteiger partial charge on any atom is -0.0622 e. The molecule has 0 unspecified atom stereocenters. The van der Waals surface area contributed by atoms with Crippen molar-refractivity contribution in [2.45, 2.75) is 25.7 Å². The number of hydrogen-bond donors (Lipinski definition) is 0. The van der Waals surface area contributed by atoms with Gasteiger partial charge in [-0.05, 0) is 64.8 Å². The minimum atomic E-state index is -0.313. The average Bonchev–Trinajstić information content (AvgIpc) is 3.16. The van der Waals surface area contributed by atoms with Crippen LogP contribution < -0.4 is 0 Å². The van der Waals surface area contributed by atoms with Crippen LogP contribution in [0.4, 0.5) is 0 Å². The summed E-state index contributed by atoms with van der Waals surface area (Å²) in [6.45, 7) is 4.36. The van der Waals surface area contributed by atoms with Crippen LogP contribution in [0.3, 0.4) is 0 Å². The predicted molar refractivity (Wildman–Crippen MR) is 142 cm³/mol. The summed E-state index contributed by atoms with van der Waals surface area (Å²) >= 11 is 0. The van der Waals surface area contributed by atoms with E-state index in [4.69, 9.17) is 0 Å². The molecule has 0 heterocycles. The molecule has 0 fully saturated rings. The number of aryl methyl sites for hydroxylation is 2. The second-order valence-electron chi connectivity index (χ2n) is 9.58. The standard InChI is InChI=1S/C34H28/c1-24-20-25(2)22-27(21-24)23-26-16-18-29(19-17-26)34(28-10-4-3-5-11-28)32-14-8-6-12-30(32)31-13-7-9-15-33(31)34/h3-22H,23H2,1-2H3. The lowest BCUT2D eigenvalue weighted by Crippen LogP contribution is -2.28. The largest absolute Gasteiger partial charge is 0.0713 e. The highest BCUT2D eigenvalue weighted by atomic mass is 14.5. The van der Waals surface area contributed by atoms with Gasteiger partial charge in [0, 0.05) is 0 Å². The molecule has 0 radical (unpaired) electrons. The summed E-state index contributed by atoms with van der Waals surface area (Å²) in [5.41, 5.74) is 13.1. The van der Waals surface area contributed by atoms with Crippen LogP contribution in [0.2, 0.25) is 0 Å². The van der Waals surface area contributed by atoms with E-state index in [1.54, 1.807) is 0 Å². The van der Waals surface area contributed by atoms with Crippen molar-refractivity contribution in [2.75, 3.05) is 0 Å². The molecule has 0 amide bonds. The molecule has 0 saturated heterocycles. The molecule has 6 rings (SSSR count). The van der Waals surface area contributed by atoms with Crippen molar-refractivity contribution in [3.63, 3.8) is 0 Å². The first kappa shape index (κ1) is 20.7. The van der Waals surface area contributed by atoms with Crippen LogP contribution in [0.5, 0.6) is 0 Å². The van der Waals surface area contributed by atoms with Crippen LogP contribution in [0.25, 0.3) is 11.1 Å². The molecule has 0 heteroatoms. The lowest BCUT2D eigenvalue weighted by Gasteiger charge is -2.34. The van der Waals surface area contributed by atoms with E-state index in [-0.39, 0.29) is 5.41 Å². The van der Waals surface area contributed by atoms with E-state index in [1.165, 1.54) is 55.6 Å². The summed E-state index contributed by atoms with van der Waals surface area (Å²) in [6, 6.07) is 45.0. The van der Waals surface area contributed by atoms with E-state index >= 15 is 0 Å². The van der Waals surface area contributed by atoms with E-state index in [0.717, 1.165) is 6.42 Å². The molecule has 0 atom stereocenters. The SMILES string of the molecule is Cc1cc(C)cc(Cc2ccc(C3(c4ccccc4)c4ccccc4-c4ccccc43)cc2)c1. The van der Waals surface area contributed by atoms with Gasteiger partial charge in [-0.2, -0.15) is 0 Å². The number of benzene rings is 5. The van der Waals surface area contributed by atoms with E-state index in [0.29, 0.717) is 0 Å². The maximum absolute atomic E-state index is 2.35. The van der Waals surface area contributed by atoms with Crippen LogP contribution in [-0.2, 0) is 11.8 Å². The molecule has 0 aromatic heterocycles. The van der Waals surface area contributed by atoms with Crippen LogP contribution >= 0.6 is 0 Å². The van der Waals surface area contributed by atoms with Gasteiger partial charge in [0.15, 0.2) is 0 Å². The first-order chi connectivity index (χ1) is 16.7. The molecule has 0 spiro atoms. The number of rotatable bonds is 4. The zero-order valence-corrected chi connectivity index (χ0v) is 19.8. The van der Waals surface area contributed by atoms with E-state index in [2.05, 4.69) is 135 Å². The second-order valence-corrected chi connectivity index (χ2v) is 9.58. The molecule has 0 aliphatic heterocycles. The van der Waals surface area contributed by atoms with E-state index < -0.39 is 0 Å². The molecule has 0 N–H and O–H groups in total. The summed E-state index contributed by atoms with van der Waals surface area (Å²) in [6.07, 6.45) is 0.953. The van der Waals surface area contributed by atoms with Gasteiger partial charge in [0.05, 0.1) is 5.41 Å². The molecule has 1 aliphatic carbocycles. The second kappa shape index (κ2) is 8.15. The Morgan fingerprint density at radius 2 is 0.971 bits per heavy atom. The number of hydrogen-bond acceptors (Lipinski definition) is 0. The quantitative estimate of drug-likeness (QED) is 0.261. The van der Waals surface area contributed by atoms with Crippen LogP contribution in [-0.4, -0.2) is 0 Å². The first-order valence-electron chi connectivity index (χ1n) is 12.1. The summed E-state index contributed by atoms with van der Waals surface area (Å²) in [4.78, 5) is 0. The Morgan fingerprint density at radius 1 is 0.471 bits per heavy atom. The van der Waals surface area contributed by atoms with Gasteiger partial charge in [-0.25, -0.2) is 0 Å². The first-order valence-corrected chi connectivity index (χ1v) is 12.1.